The van der Waals surface area contributed by atoms with Gasteiger partial charge in [-0.1, -0.05) is 41.4 Å². The Morgan fingerprint density at radius 2 is 1.70 bits per heavy atom. The minimum absolute atomic E-state index is 0.0782. The third-order valence-corrected chi connectivity index (χ3v) is 6.15. The number of hydrogen-bond acceptors (Lipinski definition) is 8. The van der Waals surface area contributed by atoms with Crippen LogP contribution in [0.25, 0.3) is 0 Å². The molecule has 2 N–H and O–H groups in total. The van der Waals surface area contributed by atoms with E-state index in [0.29, 0.717) is 29.0 Å². The van der Waals surface area contributed by atoms with Crippen LogP contribution in [0.2, 0.25) is 10.0 Å². The lowest BCUT2D eigenvalue weighted by Crippen LogP contribution is -2.21. The van der Waals surface area contributed by atoms with Crippen LogP contribution < -0.4 is 19.9 Å². The van der Waals surface area contributed by atoms with E-state index >= 15 is 0 Å². The molecule has 8 nitrogen and oxygen atoms in total. The Morgan fingerprint density at radius 1 is 1.03 bits per heavy atom. The molecule has 10 heteroatoms. The van der Waals surface area contributed by atoms with Crippen LogP contribution in [0.15, 0.2) is 66.1 Å². The highest BCUT2D eigenvalue weighted by molar-refractivity contribution is 6.37. The highest BCUT2D eigenvalue weighted by Gasteiger charge is 2.31. The number of hydrogen-bond donors (Lipinski definition) is 1. The van der Waals surface area contributed by atoms with Crippen molar-refractivity contribution >= 4 is 35.1 Å². The van der Waals surface area contributed by atoms with Gasteiger partial charge in [0, 0.05) is 11.6 Å². The van der Waals surface area contributed by atoms with Crippen molar-refractivity contribution in [3.05, 3.63) is 98.4 Å². The molecule has 188 valence electrons. The zero-order valence-corrected chi connectivity index (χ0v) is 21.2. The molecule has 0 saturated heterocycles. The highest BCUT2D eigenvalue weighted by atomic mass is 35.5. The van der Waals surface area contributed by atoms with Gasteiger partial charge in [-0.15, -0.1) is 0 Å². The fourth-order valence-corrected chi connectivity index (χ4v) is 4.49. The highest BCUT2D eigenvalue weighted by Crippen LogP contribution is 2.43. The summed E-state index contributed by atoms with van der Waals surface area (Å²) >= 11 is 12.4. The minimum atomic E-state index is -0.696. The molecular formula is C27H20Cl2N2O6. The fraction of sp³-hybridized carbons (Fsp3) is 0.148. The number of carbonyl (C=O) groups is 2. The molecule has 0 aliphatic carbocycles. The molecule has 3 aromatic rings. The van der Waals surface area contributed by atoms with Crippen LogP contribution >= 0.6 is 23.2 Å². The Balaban J connectivity index is 1.64. The van der Waals surface area contributed by atoms with Gasteiger partial charge in [-0.05, 0) is 42.8 Å². The van der Waals surface area contributed by atoms with Gasteiger partial charge in [-0.2, -0.15) is 5.26 Å². The summed E-state index contributed by atoms with van der Waals surface area (Å²) < 4.78 is 21.3. The topological polar surface area (TPSA) is 121 Å². The predicted molar refractivity (Wildman–Crippen MR) is 136 cm³/mol. The number of rotatable bonds is 6. The Labute approximate surface area is 222 Å². The number of benzene rings is 3. The number of fused-ring (bicyclic) bond motifs is 1. The van der Waals surface area contributed by atoms with E-state index in [9.17, 15) is 14.9 Å². The molecule has 0 bridgehead atoms. The quantitative estimate of drug-likeness (QED) is 0.317. The molecule has 0 spiro atoms. The maximum absolute atomic E-state index is 12.8. The summed E-state index contributed by atoms with van der Waals surface area (Å²) in [5.41, 5.74) is 8.10. The van der Waals surface area contributed by atoms with Gasteiger partial charge in [-0.3, -0.25) is 0 Å². The standard InChI is InChI=1S/C27H20Cl2N2O6/c1-3-35-24-20(28)10-16(11-21(24)29)27(33)36-17-8-9-18-22(12-17)37-25(31)19(13-30)23(18)14-4-6-15(7-5-14)26(32)34-2/h4-12,23H,3,31H2,1-2H3. The van der Waals surface area contributed by atoms with Crippen molar-refractivity contribution in [2.45, 2.75) is 12.8 Å². The van der Waals surface area contributed by atoms with Crippen LogP contribution in [0.1, 0.15) is 44.7 Å². The van der Waals surface area contributed by atoms with Gasteiger partial charge >= 0.3 is 11.9 Å². The van der Waals surface area contributed by atoms with Crippen molar-refractivity contribution in [3.8, 4) is 23.3 Å². The first-order valence-corrected chi connectivity index (χ1v) is 11.8. The number of nitrogens with two attached hydrogens (primary N) is 1. The van der Waals surface area contributed by atoms with Crippen LogP contribution in [0.4, 0.5) is 0 Å². The zero-order valence-electron chi connectivity index (χ0n) is 19.7. The molecule has 4 rings (SSSR count). The van der Waals surface area contributed by atoms with E-state index < -0.39 is 17.9 Å². The fourth-order valence-electron chi connectivity index (χ4n) is 3.90. The molecule has 1 unspecified atom stereocenters. The number of nitrogens with zero attached hydrogens (tertiary/aromatic N) is 1. The second kappa shape index (κ2) is 10.8. The van der Waals surface area contributed by atoms with E-state index in [0.717, 1.165) is 0 Å². The van der Waals surface area contributed by atoms with E-state index in [2.05, 4.69) is 6.07 Å². The van der Waals surface area contributed by atoms with Crippen LogP contribution in [-0.4, -0.2) is 25.7 Å². The first-order chi connectivity index (χ1) is 17.8. The number of halogens is 2. The number of nitriles is 1. The third-order valence-electron chi connectivity index (χ3n) is 5.59. The normalized spacial score (nSPS) is 14.2. The van der Waals surface area contributed by atoms with E-state index in [4.69, 9.17) is 47.9 Å². The SMILES string of the molecule is CCOc1c(Cl)cc(C(=O)Oc2ccc3c(c2)OC(N)=C(C#N)C3c2ccc(C(=O)OC)cc2)cc1Cl. The molecule has 3 aromatic carbocycles. The van der Waals surface area contributed by atoms with Gasteiger partial charge in [0.15, 0.2) is 5.75 Å². The van der Waals surface area contributed by atoms with Crippen LogP contribution in [-0.2, 0) is 4.74 Å². The predicted octanol–water partition coefficient (Wildman–Crippen LogP) is 5.62. The third kappa shape index (κ3) is 5.19. The Kier molecular flexibility index (Phi) is 7.58. The molecule has 1 aliphatic heterocycles. The second-order valence-corrected chi connectivity index (χ2v) is 8.64. The maximum atomic E-state index is 12.8. The average Bonchev–Trinajstić information content (AvgIpc) is 2.89. The van der Waals surface area contributed by atoms with Gasteiger partial charge < -0.3 is 24.7 Å². The summed E-state index contributed by atoms with van der Waals surface area (Å²) in [6.07, 6.45) is 0. The number of esters is 2. The smallest absolute Gasteiger partial charge is 0.343 e. The lowest BCUT2D eigenvalue weighted by atomic mass is 9.83. The average molecular weight is 539 g/mol. The molecule has 0 amide bonds. The summed E-state index contributed by atoms with van der Waals surface area (Å²) in [4.78, 5) is 24.6. The number of methoxy groups -OCH3 is 1. The number of carbonyl (C=O) groups excluding carboxylic acids is 2. The molecular weight excluding hydrogens is 519 g/mol. The summed E-state index contributed by atoms with van der Waals surface area (Å²) in [6.45, 7) is 2.15. The van der Waals surface area contributed by atoms with E-state index in [1.165, 1.54) is 25.3 Å². The molecule has 0 fully saturated rings. The summed E-state index contributed by atoms with van der Waals surface area (Å²) in [5.74, 6) is -1.04. The van der Waals surface area contributed by atoms with Crippen molar-refractivity contribution in [1.29, 1.82) is 5.26 Å². The van der Waals surface area contributed by atoms with E-state index in [1.807, 2.05) is 0 Å². The van der Waals surface area contributed by atoms with Crippen LogP contribution in [0.5, 0.6) is 17.2 Å². The Hall–Kier alpha value is -4.19. The van der Waals surface area contributed by atoms with Gasteiger partial charge in [0.05, 0.1) is 40.8 Å². The molecule has 0 saturated carbocycles. The van der Waals surface area contributed by atoms with Crippen molar-refractivity contribution in [3.63, 3.8) is 0 Å². The van der Waals surface area contributed by atoms with Crippen LogP contribution in [0.3, 0.4) is 0 Å². The molecule has 1 atom stereocenters. The van der Waals surface area contributed by atoms with Gasteiger partial charge in [0.2, 0.25) is 5.88 Å². The van der Waals surface area contributed by atoms with E-state index in [-0.39, 0.29) is 38.6 Å². The lowest BCUT2D eigenvalue weighted by molar-refractivity contribution is 0.0600. The minimum Gasteiger partial charge on any atom is -0.491 e. The number of ether oxygens (including phenoxy) is 4. The number of allylic oxidation sites excluding steroid dienone is 1. The van der Waals surface area contributed by atoms with Gasteiger partial charge in [-0.25, -0.2) is 9.59 Å². The molecule has 1 heterocycles. The zero-order chi connectivity index (χ0) is 26.7. The van der Waals surface area contributed by atoms with Crippen molar-refractivity contribution in [1.82, 2.24) is 0 Å². The largest absolute Gasteiger partial charge is 0.491 e. The van der Waals surface area contributed by atoms with Crippen LogP contribution in [0, 0.1) is 11.3 Å². The van der Waals surface area contributed by atoms with E-state index in [1.54, 1.807) is 43.3 Å². The summed E-state index contributed by atoms with van der Waals surface area (Å²) in [5, 5.41) is 10.1. The Bertz CT molecular complexity index is 1440. The van der Waals surface area contributed by atoms with Crippen molar-refractivity contribution < 1.29 is 28.5 Å². The van der Waals surface area contributed by atoms with Crippen molar-refractivity contribution in [2.24, 2.45) is 5.73 Å². The monoisotopic (exact) mass is 538 g/mol. The first kappa shape index (κ1) is 25.9. The van der Waals surface area contributed by atoms with Gasteiger partial charge in [0.1, 0.15) is 23.1 Å². The summed E-state index contributed by atoms with van der Waals surface area (Å²) in [7, 11) is 1.30. The molecule has 1 aliphatic rings. The Morgan fingerprint density at radius 3 is 2.30 bits per heavy atom. The lowest BCUT2D eigenvalue weighted by Gasteiger charge is -2.26. The maximum Gasteiger partial charge on any atom is 0.343 e. The van der Waals surface area contributed by atoms with Crippen molar-refractivity contribution in [2.75, 3.05) is 13.7 Å². The summed E-state index contributed by atoms with van der Waals surface area (Å²) in [6, 6.07) is 16.3. The molecule has 37 heavy (non-hydrogen) atoms. The molecule has 0 aromatic heterocycles. The first-order valence-electron chi connectivity index (χ1n) is 11.0. The van der Waals surface area contributed by atoms with Gasteiger partial charge in [0.25, 0.3) is 0 Å². The molecule has 0 radical (unpaired) electrons. The second-order valence-electron chi connectivity index (χ2n) is 7.83.